The number of amides is 1. The maximum Gasteiger partial charge on any atom is 0.226 e. The molecule has 162 valence electrons. The van der Waals surface area contributed by atoms with Crippen molar-refractivity contribution in [2.24, 2.45) is 5.41 Å². The molecule has 3 heterocycles. The summed E-state index contributed by atoms with van der Waals surface area (Å²) in [4.78, 5) is 13.5. The topological polar surface area (TPSA) is 60.7 Å². The minimum atomic E-state index is -0.466. The highest BCUT2D eigenvalue weighted by atomic mass is 16.5. The van der Waals surface area contributed by atoms with Crippen LogP contribution < -0.4 is 5.32 Å². The minimum absolute atomic E-state index is 0.123. The first-order chi connectivity index (χ1) is 15.3. The molecule has 0 aliphatic carbocycles. The summed E-state index contributed by atoms with van der Waals surface area (Å²) in [5.41, 5.74) is 3.79. The number of carbonyl (C=O) groups is 1. The van der Waals surface area contributed by atoms with E-state index in [1.165, 1.54) is 5.56 Å². The van der Waals surface area contributed by atoms with Gasteiger partial charge < -0.3 is 19.2 Å². The Balaban J connectivity index is 1.44. The average molecular weight is 420 g/mol. The highest BCUT2D eigenvalue weighted by Gasteiger charge is 2.41. The third-order valence-corrected chi connectivity index (χ3v) is 6.76. The van der Waals surface area contributed by atoms with Gasteiger partial charge in [-0.05, 0) is 49.3 Å². The lowest BCUT2D eigenvalue weighted by molar-refractivity contribution is -0.137. The quantitative estimate of drug-likeness (QED) is 0.627. The molecule has 0 spiro atoms. The van der Waals surface area contributed by atoms with E-state index >= 15 is 0 Å². The van der Waals surface area contributed by atoms with Gasteiger partial charge in [-0.15, -0.1) is 0 Å². The molecule has 2 saturated heterocycles. The van der Waals surface area contributed by atoms with Crippen LogP contribution in [0, 0.1) is 5.41 Å². The molecule has 3 aromatic rings. The fourth-order valence-corrected chi connectivity index (χ4v) is 4.93. The summed E-state index contributed by atoms with van der Waals surface area (Å²) in [6, 6.07) is 16.5. The van der Waals surface area contributed by atoms with Crippen LogP contribution >= 0.6 is 0 Å². The highest BCUT2D eigenvalue weighted by molar-refractivity contribution is 5.95. The Hall–Kier alpha value is -2.63. The summed E-state index contributed by atoms with van der Waals surface area (Å²) in [5.74, 6) is 0.123. The van der Waals surface area contributed by atoms with Crippen molar-refractivity contribution < 1.29 is 18.7 Å². The monoisotopic (exact) mass is 419 g/mol. The van der Waals surface area contributed by atoms with E-state index in [1.54, 1.807) is 0 Å². The first kappa shape index (κ1) is 20.3. The minimum Gasteiger partial charge on any atom is -0.464 e. The molecule has 1 amide bonds. The van der Waals surface area contributed by atoms with E-state index in [-0.39, 0.29) is 12.0 Å². The van der Waals surface area contributed by atoms with Gasteiger partial charge in [0.2, 0.25) is 5.91 Å². The zero-order valence-corrected chi connectivity index (χ0v) is 17.8. The highest BCUT2D eigenvalue weighted by Crippen LogP contribution is 2.39. The normalized spacial score (nSPS) is 20.7. The number of ether oxygens (including phenoxy) is 2. The number of para-hydroxylation sites is 1. The lowest BCUT2D eigenvalue weighted by Gasteiger charge is -2.36. The molecule has 1 atom stereocenters. The first-order valence-corrected chi connectivity index (χ1v) is 11.3. The van der Waals surface area contributed by atoms with Crippen LogP contribution in [0.15, 0.2) is 59.2 Å². The molecule has 5 heteroatoms. The Morgan fingerprint density at radius 1 is 1.00 bits per heavy atom. The second-order valence-corrected chi connectivity index (χ2v) is 8.72. The van der Waals surface area contributed by atoms with Crippen molar-refractivity contribution in [3.05, 3.63) is 60.4 Å². The van der Waals surface area contributed by atoms with Crippen LogP contribution in [0.1, 0.15) is 31.2 Å². The van der Waals surface area contributed by atoms with Gasteiger partial charge in [-0.2, -0.15) is 0 Å². The van der Waals surface area contributed by atoms with Crippen LogP contribution in [-0.2, 0) is 20.7 Å². The molecular formula is C26H29NO4. The molecule has 1 unspecified atom stereocenters. The third-order valence-electron chi connectivity index (χ3n) is 6.76. The molecule has 5 rings (SSSR count). The first-order valence-electron chi connectivity index (χ1n) is 11.3. The molecule has 2 aromatic carbocycles. The van der Waals surface area contributed by atoms with E-state index < -0.39 is 5.41 Å². The molecule has 2 aliphatic rings. The second kappa shape index (κ2) is 8.85. The van der Waals surface area contributed by atoms with E-state index in [0.29, 0.717) is 26.2 Å². The van der Waals surface area contributed by atoms with Gasteiger partial charge in [0.25, 0.3) is 0 Å². The molecule has 31 heavy (non-hydrogen) atoms. The fourth-order valence-electron chi connectivity index (χ4n) is 4.93. The van der Waals surface area contributed by atoms with Crippen molar-refractivity contribution in [1.82, 2.24) is 5.32 Å². The Morgan fingerprint density at radius 2 is 1.81 bits per heavy atom. The molecule has 2 fully saturated rings. The van der Waals surface area contributed by atoms with Crippen molar-refractivity contribution >= 4 is 16.9 Å². The van der Waals surface area contributed by atoms with E-state index in [9.17, 15) is 4.79 Å². The lowest BCUT2D eigenvalue weighted by atomic mass is 9.73. The maximum atomic E-state index is 13.5. The second-order valence-electron chi connectivity index (χ2n) is 8.72. The smallest absolute Gasteiger partial charge is 0.226 e. The number of carbonyl (C=O) groups excluding carboxylic acids is 1. The third kappa shape index (κ3) is 4.12. The molecule has 0 radical (unpaired) electrons. The predicted molar refractivity (Wildman–Crippen MR) is 120 cm³/mol. The van der Waals surface area contributed by atoms with Crippen molar-refractivity contribution in [2.75, 3.05) is 26.4 Å². The van der Waals surface area contributed by atoms with Gasteiger partial charge in [0, 0.05) is 37.3 Å². The van der Waals surface area contributed by atoms with Crippen LogP contribution in [-0.4, -0.2) is 38.4 Å². The molecule has 1 aromatic heterocycles. The number of benzene rings is 2. The average Bonchev–Trinajstić information content (AvgIpc) is 3.48. The van der Waals surface area contributed by atoms with Crippen molar-refractivity contribution in [1.29, 1.82) is 0 Å². The van der Waals surface area contributed by atoms with Gasteiger partial charge in [0.05, 0.1) is 17.8 Å². The molecule has 0 bridgehead atoms. The number of rotatable bonds is 6. The Bertz CT molecular complexity index is 1040. The van der Waals surface area contributed by atoms with Gasteiger partial charge in [-0.25, -0.2) is 0 Å². The number of furan rings is 1. The number of hydrogen-bond acceptors (Lipinski definition) is 4. The SMILES string of the molecule is O=C(NCC1CCCO1)C1(Cc2ccccc2-c2coc3ccccc23)CCOCC1. The van der Waals surface area contributed by atoms with E-state index in [0.717, 1.165) is 54.4 Å². The van der Waals surface area contributed by atoms with E-state index in [4.69, 9.17) is 13.9 Å². The predicted octanol–water partition coefficient (Wildman–Crippen LogP) is 4.73. The van der Waals surface area contributed by atoms with Gasteiger partial charge in [-0.1, -0.05) is 42.5 Å². The maximum absolute atomic E-state index is 13.5. The summed E-state index contributed by atoms with van der Waals surface area (Å²) in [6.45, 7) is 2.62. The van der Waals surface area contributed by atoms with Crippen molar-refractivity contribution in [3.8, 4) is 11.1 Å². The van der Waals surface area contributed by atoms with E-state index in [2.05, 4.69) is 35.6 Å². The van der Waals surface area contributed by atoms with Crippen LogP contribution in [0.2, 0.25) is 0 Å². The largest absolute Gasteiger partial charge is 0.464 e. The zero-order chi connectivity index (χ0) is 21.1. The summed E-state index contributed by atoms with van der Waals surface area (Å²) >= 11 is 0. The fraction of sp³-hybridized carbons (Fsp3) is 0.423. The van der Waals surface area contributed by atoms with Gasteiger partial charge in [-0.3, -0.25) is 4.79 Å². The number of fused-ring (bicyclic) bond motifs is 1. The van der Waals surface area contributed by atoms with Gasteiger partial charge in [0.15, 0.2) is 0 Å². The summed E-state index contributed by atoms with van der Waals surface area (Å²) in [7, 11) is 0. The van der Waals surface area contributed by atoms with Crippen LogP contribution in [0.4, 0.5) is 0 Å². The Morgan fingerprint density at radius 3 is 2.65 bits per heavy atom. The van der Waals surface area contributed by atoms with Crippen LogP contribution in [0.3, 0.4) is 0 Å². The van der Waals surface area contributed by atoms with E-state index in [1.807, 2.05) is 24.5 Å². The van der Waals surface area contributed by atoms with Gasteiger partial charge >= 0.3 is 0 Å². The van der Waals surface area contributed by atoms with Crippen molar-refractivity contribution in [3.63, 3.8) is 0 Å². The Labute approximate surface area is 182 Å². The number of nitrogens with one attached hydrogen (secondary N) is 1. The lowest BCUT2D eigenvalue weighted by Crippen LogP contribution is -2.48. The van der Waals surface area contributed by atoms with Crippen LogP contribution in [0.25, 0.3) is 22.1 Å². The number of hydrogen-bond donors (Lipinski definition) is 1. The molecule has 0 saturated carbocycles. The molecular weight excluding hydrogens is 390 g/mol. The van der Waals surface area contributed by atoms with Crippen LogP contribution in [0.5, 0.6) is 0 Å². The van der Waals surface area contributed by atoms with Gasteiger partial charge in [0.1, 0.15) is 5.58 Å². The summed E-state index contributed by atoms with van der Waals surface area (Å²) in [5, 5.41) is 4.30. The standard InChI is InChI=1S/C26H29NO4/c28-25(27-17-20-7-5-13-30-20)26(11-14-29-15-12-26)16-19-6-1-2-8-21(19)23-18-31-24-10-4-3-9-22(23)24/h1-4,6,8-10,18,20H,5,7,11-17H2,(H,27,28). The summed E-state index contributed by atoms with van der Waals surface area (Å²) < 4.78 is 17.1. The summed E-state index contributed by atoms with van der Waals surface area (Å²) in [6.07, 6.45) is 6.21. The Kier molecular flexibility index (Phi) is 5.79. The molecule has 5 nitrogen and oxygen atoms in total. The van der Waals surface area contributed by atoms with Crippen molar-refractivity contribution in [2.45, 2.75) is 38.2 Å². The molecule has 2 aliphatic heterocycles. The zero-order valence-electron chi connectivity index (χ0n) is 17.8. The molecule has 1 N–H and O–H groups in total.